The molecule has 0 bridgehead atoms. The number of rotatable bonds is 7. The van der Waals surface area contributed by atoms with Crippen LogP contribution in [0.5, 0.6) is 0 Å². The molecule has 0 aromatic rings. The molecule has 1 aliphatic carbocycles. The van der Waals surface area contributed by atoms with E-state index in [0.717, 1.165) is 58.0 Å². The van der Waals surface area contributed by atoms with E-state index in [9.17, 15) is 0 Å². The lowest BCUT2D eigenvalue weighted by molar-refractivity contribution is -0.176. The lowest BCUT2D eigenvalue weighted by Crippen LogP contribution is -2.70. The molecule has 2 rings (SSSR count). The average molecular weight is 482 g/mol. The van der Waals surface area contributed by atoms with Gasteiger partial charge in [-0.15, -0.1) is 24.0 Å². The van der Waals surface area contributed by atoms with E-state index in [1.807, 2.05) is 7.11 Å². The van der Waals surface area contributed by atoms with Gasteiger partial charge in [0.25, 0.3) is 0 Å². The number of likely N-dealkylation sites (tertiary alicyclic amines) is 1. The Bertz CT molecular complexity index is 453. The summed E-state index contributed by atoms with van der Waals surface area (Å²) in [4.78, 5) is 7.14. The van der Waals surface area contributed by atoms with E-state index in [-0.39, 0.29) is 35.0 Å². The summed E-state index contributed by atoms with van der Waals surface area (Å²) < 4.78 is 10.9. The summed E-state index contributed by atoms with van der Waals surface area (Å²) in [6.07, 6.45) is 3.31. The van der Waals surface area contributed by atoms with Gasteiger partial charge in [0.1, 0.15) is 0 Å². The summed E-state index contributed by atoms with van der Waals surface area (Å²) in [6.45, 7) is 13.7. The van der Waals surface area contributed by atoms with Gasteiger partial charge in [-0.3, -0.25) is 4.99 Å². The molecule has 26 heavy (non-hydrogen) atoms. The first-order valence-electron chi connectivity index (χ1n) is 9.70. The molecule has 6 nitrogen and oxygen atoms in total. The van der Waals surface area contributed by atoms with E-state index in [2.05, 4.69) is 48.2 Å². The third-order valence-electron chi connectivity index (χ3n) is 6.45. The molecular formula is C19H39IN4O2. The lowest BCUT2D eigenvalue weighted by Gasteiger charge is -2.59. The maximum Gasteiger partial charge on any atom is 0.191 e. The Morgan fingerprint density at radius 3 is 2.31 bits per heavy atom. The van der Waals surface area contributed by atoms with Gasteiger partial charge in [0, 0.05) is 57.9 Å². The zero-order valence-electron chi connectivity index (χ0n) is 17.4. The molecule has 2 fully saturated rings. The highest BCUT2D eigenvalue weighted by Crippen LogP contribution is 2.51. The van der Waals surface area contributed by atoms with Crippen LogP contribution in [0.3, 0.4) is 0 Å². The van der Waals surface area contributed by atoms with Crippen molar-refractivity contribution in [1.29, 1.82) is 0 Å². The number of hydrogen-bond donors (Lipinski definition) is 2. The molecular weight excluding hydrogens is 443 g/mol. The third-order valence-corrected chi connectivity index (χ3v) is 6.45. The standard InChI is InChI=1S/C19H38N4O2.HI/c1-7-20-17(22-16-14-19(4,25-6)18(16,2)3)21-15-8-10-23(11-9-15)12-13-24-5;/h15-16H,7-14H2,1-6H3,(H2,20,21,22);1H. The fourth-order valence-corrected chi connectivity index (χ4v) is 3.89. The number of ether oxygens (including phenoxy) is 2. The Labute approximate surface area is 176 Å². The Morgan fingerprint density at radius 2 is 1.81 bits per heavy atom. The molecule has 1 heterocycles. The number of nitrogens with zero attached hydrogens (tertiary/aromatic N) is 2. The topological polar surface area (TPSA) is 58.1 Å². The van der Waals surface area contributed by atoms with Crippen LogP contribution in [0.25, 0.3) is 0 Å². The zero-order valence-corrected chi connectivity index (χ0v) is 19.8. The van der Waals surface area contributed by atoms with E-state index in [1.165, 1.54) is 0 Å². The number of methoxy groups -OCH3 is 2. The van der Waals surface area contributed by atoms with E-state index in [1.54, 1.807) is 7.11 Å². The number of aliphatic imine (C=N–C) groups is 1. The van der Waals surface area contributed by atoms with Crippen LogP contribution in [0.4, 0.5) is 0 Å². The van der Waals surface area contributed by atoms with Gasteiger partial charge in [-0.05, 0) is 33.1 Å². The lowest BCUT2D eigenvalue weighted by atomic mass is 9.56. The normalized spacial score (nSPS) is 29.6. The van der Waals surface area contributed by atoms with Crippen LogP contribution in [0, 0.1) is 5.41 Å². The second-order valence-corrected chi connectivity index (χ2v) is 8.13. The molecule has 0 aromatic heterocycles. The summed E-state index contributed by atoms with van der Waals surface area (Å²) in [5, 5.41) is 7.31. The minimum Gasteiger partial charge on any atom is -0.383 e. The Kier molecular flexibility index (Phi) is 9.60. The van der Waals surface area contributed by atoms with Gasteiger partial charge in [-0.25, -0.2) is 0 Å². The third kappa shape index (κ3) is 5.45. The smallest absolute Gasteiger partial charge is 0.191 e. The fraction of sp³-hybridized carbons (Fsp3) is 0.947. The van der Waals surface area contributed by atoms with Crippen molar-refractivity contribution in [2.45, 2.75) is 64.6 Å². The average Bonchev–Trinajstić information content (AvgIpc) is 2.60. The predicted octanol–water partition coefficient (Wildman–Crippen LogP) is 2.47. The number of halogens is 1. The second-order valence-electron chi connectivity index (χ2n) is 8.13. The molecule has 0 aromatic carbocycles. The van der Waals surface area contributed by atoms with Gasteiger partial charge in [0.2, 0.25) is 0 Å². The molecule has 1 aliphatic heterocycles. The quantitative estimate of drug-likeness (QED) is 0.332. The van der Waals surface area contributed by atoms with Gasteiger partial charge in [-0.1, -0.05) is 13.8 Å². The van der Waals surface area contributed by atoms with Crippen molar-refractivity contribution in [2.24, 2.45) is 10.4 Å². The minimum absolute atomic E-state index is 0. The molecule has 2 N–H and O–H groups in total. The molecule has 1 saturated heterocycles. The maximum absolute atomic E-state index is 5.74. The van der Waals surface area contributed by atoms with Crippen molar-refractivity contribution in [3.8, 4) is 0 Å². The van der Waals surface area contributed by atoms with Crippen molar-refractivity contribution >= 4 is 29.9 Å². The van der Waals surface area contributed by atoms with Crippen molar-refractivity contribution in [1.82, 2.24) is 15.5 Å². The molecule has 0 amide bonds. The molecule has 0 radical (unpaired) electrons. The van der Waals surface area contributed by atoms with Gasteiger partial charge in [0.05, 0.1) is 12.2 Å². The molecule has 2 atom stereocenters. The summed E-state index contributed by atoms with van der Waals surface area (Å²) >= 11 is 0. The van der Waals surface area contributed by atoms with Crippen LogP contribution in [0.1, 0.15) is 47.0 Å². The highest BCUT2D eigenvalue weighted by Gasteiger charge is 2.58. The molecule has 0 spiro atoms. The number of hydrogen-bond acceptors (Lipinski definition) is 4. The van der Waals surface area contributed by atoms with Crippen LogP contribution in [-0.4, -0.2) is 75.5 Å². The van der Waals surface area contributed by atoms with E-state index < -0.39 is 0 Å². The van der Waals surface area contributed by atoms with Gasteiger partial charge in [-0.2, -0.15) is 0 Å². The minimum atomic E-state index is -0.0608. The summed E-state index contributed by atoms with van der Waals surface area (Å²) in [5.41, 5.74) is 0.0239. The van der Waals surface area contributed by atoms with Crippen molar-refractivity contribution < 1.29 is 9.47 Å². The van der Waals surface area contributed by atoms with Gasteiger partial charge < -0.3 is 25.0 Å². The van der Waals surface area contributed by atoms with Crippen LogP contribution in [0.2, 0.25) is 0 Å². The van der Waals surface area contributed by atoms with Crippen LogP contribution >= 0.6 is 24.0 Å². The molecule has 154 valence electrons. The number of guanidine groups is 1. The molecule has 2 unspecified atom stereocenters. The van der Waals surface area contributed by atoms with E-state index in [0.29, 0.717) is 12.1 Å². The Balaban J connectivity index is 0.00000338. The first-order valence-corrected chi connectivity index (χ1v) is 9.70. The first-order chi connectivity index (χ1) is 11.9. The summed E-state index contributed by atoms with van der Waals surface area (Å²) in [5.74, 6) is 0.953. The second kappa shape index (κ2) is 10.4. The van der Waals surface area contributed by atoms with Crippen LogP contribution < -0.4 is 10.6 Å². The van der Waals surface area contributed by atoms with E-state index in [4.69, 9.17) is 9.47 Å². The summed E-state index contributed by atoms with van der Waals surface area (Å²) in [6, 6.07) is 0.880. The Hall–Kier alpha value is -0.120. The monoisotopic (exact) mass is 482 g/mol. The maximum atomic E-state index is 5.74. The fourth-order valence-electron chi connectivity index (χ4n) is 3.89. The highest BCUT2D eigenvalue weighted by atomic mass is 127. The SMILES string of the molecule is CCN=C(NC1CCN(CCOC)CC1)NC1CC(C)(OC)C1(C)C.I. The first kappa shape index (κ1) is 23.9. The number of piperidine rings is 1. The number of nitrogens with one attached hydrogen (secondary N) is 2. The Morgan fingerprint density at radius 1 is 1.15 bits per heavy atom. The van der Waals surface area contributed by atoms with Gasteiger partial charge in [0.15, 0.2) is 5.96 Å². The van der Waals surface area contributed by atoms with Crippen LogP contribution in [0.15, 0.2) is 4.99 Å². The van der Waals surface area contributed by atoms with E-state index >= 15 is 0 Å². The van der Waals surface area contributed by atoms with Crippen LogP contribution in [-0.2, 0) is 9.47 Å². The largest absolute Gasteiger partial charge is 0.383 e. The zero-order chi connectivity index (χ0) is 18.5. The van der Waals surface area contributed by atoms with Crippen molar-refractivity contribution in [3.05, 3.63) is 0 Å². The van der Waals surface area contributed by atoms with Gasteiger partial charge >= 0.3 is 0 Å². The molecule has 1 saturated carbocycles. The van der Waals surface area contributed by atoms with Crippen molar-refractivity contribution in [2.75, 3.05) is 47.0 Å². The summed E-state index contributed by atoms with van der Waals surface area (Å²) in [7, 11) is 3.58. The highest BCUT2D eigenvalue weighted by molar-refractivity contribution is 14.0. The predicted molar refractivity (Wildman–Crippen MR) is 119 cm³/mol. The van der Waals surface area contributed by atoms with Crippen molar-refractivity contribution in [3.63, 3.8) is 0 Å². The molecule has 7 heteroatoms. The molecule has 2 aliphatic rings.